The van der Waals surface area contributed by atoms with Gasteiger partial charge < -0.3 is 10.1 Å². The maximum atomic E-state index is 5.53. The van der Waals surface area contributed by atoms with Crippen LogP contribution in [0.4, 0.5) is 0 Å². The van der Waals surface area contributed by atoms with Crippen molar-refractivity contribution in [1.29, 1.82) is 0 Å². The number of hydrogen-bond acceptors (Lipinski definition) is 2. The fraction of sp³-hybridized carbons (Fsp3) is 0.429. The molecule has 0 spiro atoms. The lowest BCUT2D eigenvalue weighted by Gasteiger charge is -2.27. The molecule has 0 bridgehead atoms. The van der Waals surface area contributed by atoms with Gasteiger partial charge in [0.2, 0.25) is 0 Å². The zero-order chi connectivity index (χ0) is 12.1. The number of rotatable bonds is 5. The monoisotopic (exact) mass is 293 g/mol. The molecule has 0 unspecified atom stereocenters. The van der Waals surface area contributed by atoms with Crippen LogP contribution in [-0.4, -0.2) is 12.6 Å². The number of nitrogens with one attached hydrogen (secondary N) is 1. The summed E-state index contributed by atoms with van der Waals surface area (Å²) in [7, 11) is 0. The summed E-state index contributed by atoms with van der Waals surface area (Å²) < 4.78 is 6.59. The maximum absolute atomic E-state index is 5.53. The van der Waals surface area contributed by atoms with Gasteiger partial charge in [0, 0.05) is 22.6 Å². The van der Waals surface area contributed by atoms with Gasteiger partial charge in [-0.25, -0.2) is 0 Å². The van der Waals surface area contributed by atoms with Gasteiger partial charge in [-0.3, -0.25) is 0 Å². The minimum absolute atomic E-state index is 0.318. The van der Waals surface area contributed by atoms with Gasteiger partial charge in [0.25, 0.3) is 0 Å². The summed E-state index contributed by atoms with van der Waals surface area (Å²) in [6.07, 6.45) is 9.13. The number of hydrogen-bond donors (Lipinski definition) is 1. The van der Waals surface area contributed by atoms with E-state index in [1.807, 2.05) is 12.1 Å². The second kappa shape index (κ2) is 6.09. The van der Waals surface area contributed by atoms with Gasteiger partial charge in [-0.15, -0.1) is 6.42 Å². The van der Waals surface area contributed by atoms with Gasteiger partial charge >= 0.3 is 0 Å². The van der Waals surface area contributed by atoms with Gasteiger partial charge in [0.05, 0.1) is 0 Å². The summed E-state index contributed by atoms with van der Waals surface area (Å²) in [4.78, 5) is 0. The van der Waals surface area contributed by atoms with Crippen molar-refractivity contribution < 1.29 is 4.74 Å². The molecule has 1 aliphatic carbocycles. The van der Waals surface area contributed by atoms with Crippen molar-refractivity contribution in [1.82, 2.24) is 5.32 Å². The molecule has 17 heavy (non-hydrogen) atoms. The van der Waals surface area contributed by atoms with Crippen molar-refractivity contribution in [3.63, 3.8) is 0 Å². The van der Waals surface area contributed by atoms with Gasteiger partial charge in [-0.05, 0) is 31.0 Å². The molecule has 0 amide bonds. The minimum Gasteiger partial charge on any atom is -0.481 e. The Kier molecular flexibility index (Phi) is 4.47. The van der Waals surface area contributed by atoms with E-state index in [0.717, 1.165) is 22.3 Å². The van der Waals surface area contributed by atoms with Crippen LogP contribution < -0.4 is 10.1 Å². The third kappa shape index (κ3) is 3.49. The van der Waals surface area contributed by atoms with Crippen LogP contribution >= 0.6 is 15.9 Å². The van der Waals surface area contributed by atoms with Crippen molar-refractivity contribution in [2.45, 2.75) is 31.8 Å². The Morgan fingerprint density at radius 2 is 2.29 bits per heavy atom. The Labute approximate surface area is 111 Å². The van der Waals surface area contributed by atoms with Crippen LogP contribution in [-0.2, 0) is 6.54 Å². The SMILES string of the molecule is C#CCOc1ccc(Br)cc1CNC1CCC1. The first-order valence-electron chi connectivity index (χ1n) is 5.87. The van der Waals surface area contributed by atoms with E-state index in [4.69, 9.17) is 11.2 Å². The summed E-state index contributed by atoms with van der Waals surface area (Å²) in [5, 5.41) is 3.53. The summed E-state index contributed by atoms with van der Waals surface area (Å²) in [6, 6.07) is 6.68. The van der Waals surface area contributed by atoms with Crippen molar-refractivity contribution in [3.05, 3.63) is 28.2 Å². The predicted octanol–water partition coefficient (Wildman–Crippen LogP) is 3.10. The largest absolute Gasteiger partial charge is 0.481 e. The molecule has 0 radical (unpaired) electrons. The second-order valence-corrected chi connectivity index (χ2v) is 5.17. The lowest BCUT2D eigenvalue weighted by atomic mass is 9.93. The van der Waals surface area contributed by atoms with E-state index in [1.54, 1.807) is 0 Å². The summed E-state index contributed by atoms with van der Waals surface area (Å²) in [5.74, 6) is 3.36. The van der Waals surface area contributed by atoms with Crippen molar-refractivity contribution in [2.75, 3.05) is 6.61 Å². The van der Waals surface area contributed by atoms with Gasteiger partial charge in [-0.2, -0.15) is 0 Å². The van der Waals surface area contributed by atoms with Gasteiger partial charge in [-0.1, -0.05) is 28.3 Å². The molecule has 1 fully saturated rings. The molecule has 0 saturated heterocycles. The topological polar surface area (TPSA) is 21.3 Å². The molecule has 3 heteroatoms. The third-order valence-electron chi connectivity index (χ3n) is 3.02. The molecule has 0 atom stereocenters. The highest BCUT2D eigenvalue weighted by Crippen LogP contribution is 2.25. The maximum Gasteiger partial charge on any atom is 0.148 e. The highest BCUT2D eigenvalue weighted by Gasteiger charge is 2.17. The minimum atomic E-state index is 0.318. The smallest absolute Gasteiger partial charge is 0.148 e. The molecule has 0 aliphatic heterocycles. The Morgan fingerprint density at radius 1 is 1.47 bits per heavy atom. The molecule has 1 aromatic carbocycles. The molecule has 2 rings (SSSR count). The molecule has 1 N–H and O–H groups in total. The van der Waals surface area contributed by atoms with E-state index in [9.17, 15) is 0 Å². The highest BCUT2D eigenvalue weighted by atomic mass is 79.9. The fourth-order valence-corrected chi connectivity index (χ4v) is 2.22. The summed E-state index contributed by atoms with van der Waals surface area (Å²) in [5.41, 5.74) is 1.15. The van der Waals surface area contributed by atoms with E-state index in [1.165, 1.54) is 19.3 Å². The van der Waals surface area contributed by atoms with Crippen LogP contribution in [0, 0.1) is 12.3 Å². The highest BCUT2D eigenvalue weighted by molar-refractivity contribution is 9.10. The molecule has 1 aliphatic rings. The van der Waals surface area contributed by atoms with E-state index >= 15 is 0 Å². The summed E-state index contributed by atoms with van der Waals surface area (Å²) >= 11 is 3.48. The zero-order valence-corrected chi connectivity index (χ0v) is 11.3. The van der Waals surface area contributed by atoms with Crippen LogP contribution in [0.2, 0.25) is 0 Å². The molecule has 90 valence electrons. The summed E-state index contributed by atoms with van der Waals surface area (Å²) in [6.45, 7) is 1.15. The predicted molar refractivity (Wildman–Crippen MR) is 72.9 cm³/mol. The van der Waals surface area contributed by atoms with Gasteiger partial charge in [0.15, 0.2) is 0 Å². The third-order valence-corrected chi connectivity index (χ3v) is 3.51. The van der Waals surface area contributed by atoms with E-state index < -0.39 is 0 Å². The molecule has 1 saturated carbocycles. The Hall–Kier alpha value is -0.980. The first-order valence-corrected chi connectivity index (χ1v) is 6.67. The average molecular weight is 294 g/mol. The van der Waals surface area contributed by atoms with Crippen LogP contribution in [0.3, 0.4) is 0 Å². The van der Waals surface area contributed by atoms with Crippen LogP contribution in [0.25, 0.3) is 0 Å². The second-order valence-electron chi connectivity index (χ2n) is 4.25. The van der Waals surface area contributed by atoms with Crippen LogP contribution in [0.1, 0.15) is 24.8 Å². The number of terminal acetylenes is 1. The fourth-order valence-electron chi connectivity index (χ4n) is 1.81. The standard InChI is InChI=1S/C14H16BrNO/c1-2-8-17-14-7-6-12(15)9-11(14)10-16-13-4-3-5-13/h1,6-7,9,13,16H,3-5,8,10H2. The van der Waals surface area contributed by atoms with E-state index in [0.29, 0.717) is 12.6 Å². The number of ether oxygens (including phenoxy) is 1. The first-order chi connectivity index (χ1) is 8.29. The van der Waals surface area contributed by atoms with Crippen molar-refractivity contribution in [3.8, 4) is 18.1 Å². The number of benzene rings is 1. The molecule has 2 nitrogen and oxygen atoms in total. The normalized spacial score (nSPS) is 15.1. The Morgan fingerprint density at radius 3 is 2.94 bits per heavy atom. The van der Waals surface area contributed by atoms with E-state index in [2.05, 4.69) is 33.2 Å². The molecular weight excluding hydrogens is 278 g/mol. The van der Waals surface area contributed by atoms with Gasteiger partial charge in [0.1, 0.15) is 12.4 Å². The number of halogens is 1. The average Bonchev–Trinajstić information content (AvgIpc) is 2.26. The van der Waals surface area contributed by atoms with Crippen LogP contribution in [0.5, 0.6) is 5.75 Å². The Balaban J connectivity index is 2.00. The molecule has 0 heterocycles. The lowest BCUT2D eigenvalue weighted by Crippen LogP contribution is -2.34. The van der Waals surface area contributed by atoms with Crippen molar-refractivity contribution >= 4 is 15.9 Å². The quantitative estimate of drug-likeness (QED) is 0.843. The Bertz CT molecular complexity index is 421. The molecular formula is C14H16BrNO. The van der Waals surface area contributed by atoms with Crippen LogP contribution in [0.15, 0.2) is 22.7 Å². The molecule has 0 aromatic heterocycles. The zero-order valence-electron chi connectivity index (χ0n) is 9.71. The van der Waals surface area contributed by atoms with Crippen molar-refractivity contribution in [2.24, 2.45) is 0 Å². The van der Waals surface area contributed by atoms with E-state index in [-0.39, 0.29) is 0 Å². The lowest BCUT2D eigenvalue weighted by molar-refractivity contribution is 0.330. The first kappa shape index (κ1) is 12.5. The molecule has 1 aromatic rings.